The van der Waals surface area contributed by atoms with Crippen molar-refractivity contribution in [2.75, 3.05) is 25.5 Å². The Labute approximate surface area is 196 Å². The average molecular weight is 482 g/mol. The van der Waals surface area contributed by atoms with Crippen molar-refractivity contribution in [3.8, 4) is 0 Å². The zero-order valence-electron chi connectivity index (χ0n) is 19.0. The molecule has 33 heavy (non-hydrogen) atoms. The molecule has 1 saturated heterocycles. The number of halogens is 1. The molecule has 1 fully saturated rings. The van der Waals surface area contributed by atoms with Gasteiger partial charge in [-0.15, -0.1) is 0 Å². The van der Waals surface area contributed by atoms with E-state index in [1.54, 1.807) is 39.0 Å². The first-order valence-electron chi connectivity index (χ1n) is 10.6. The number of esters is 1. The monoisotopic (exact) mass is 481 g/mol. The van der Waals surface area contributed by atoms with Gasteiger partial charge in [-0.1, -0.05) is 11.6 Å². The smallest absolute Gasteiger partial charge is 0.412 e. The minimum atomic E-state index is -1.21. The lowest BCUT2D eigenvalue weighted by molar-refractivity contribution is -0.148. The fraction of sp³-hybridized carbons (Fsp3) is 0.545. The van der Waals surface area contributed by atoms with Gasteiger partial charge >= 0.3 is 18.2 Å². The van der Waals surface area contributed by atoms with Crippen LogP contribution in [0.5, 0.6) is 0 Å². The number of carbonyl (C=O) groups is 4. The molecule has 2 unspecified atom stereocenters. The summed E-state index contributed by atoms with van der Waals surface area (Å²) in [6.07, 6.45) is -0.817. The number of alkyl carbamates (subject to hydrolysis) is 1. The van der Waals surface area contributed by atoms with Gasteiger partial charge in [-0.25, -0.2) is 9.59 Å². The third-order valence-electron chi connectivity index (χ3n) is 5.35. The summed E-state index contributed by atoms with van der Waals surface area (Å²) in [5.74, 6) is -1.18. The molecule has 11 heteroatoms. The minimum Gasteiger partial charge on any atom is -0.469 e. The maximum atomic E-state index is 13.4. The molecule has 0 bridgehead atoms. The summed E-state index contributed by atoms with van der Waals surface area (Å²) in [6, 6.07) is 3.83. The highest BCUT2D eigenvalue weighted by Crippen LogP contribution is 2.43. The summed E-state index contributed by atoms with van der Waals surface area (Å²) in [4.78, 5) is 51.4. The van der Waals surface area contributed by atoms with E-state index in [4.69, 9.17) is 25.8 Å². The molecule has 0 radical (unpaired) electrons. The largest absolute Gasteiger partial charge is 0.469 e. The van der Waals surface area contributed by atoms with Crippen LogP contribution >= 0.6 is 11.6 Å². The van der Waals surface area contributed by atoms with E-state index in [1.165, 1.54) is 12.0 Å². The van der Waals surface area contributed by atoms with E-state index in [0.29, 0.717) is 35.7 Å². The van der Waals surface area contributed by atoms with Crippen molar-refractivity contribution in [3.63, 3.8) is 0 Å². The predicted molar refractivity (Wildman–Crippen MR) is 119 cm³/mol. The number of hydrogen-bond acceptors (Lipinski definition) is 7. The molecule has 10 nitrogen and oxygen atoms in total. The molecule has 0 aliphatic carbocycles. The highest BCUT2D eigenvalue weighted by atomic mass is 35.5. The fourth-order valence-corrected chi connectivity index (χ4v) is 4.18. The van der Waals surface area contributed by atoms with E-state index < -0.39 is 41.3 Å². The molecule has 2 aliphatic rings. The van der Waals surface area contributed by atoms with Crippen LogP contribution in [0.25, 0.3) is 0 Å². The summed E-state index contributed by atoms with van der Waals surface area (Å²) < 4.78 is 15.6. The third kappa shape index (κ3) is 5.87. The molecule has 0 aromatic heterocycles. The van der Waals surface area contributed by atoms with Gasteiger partial charge in [-0.3, -0.25) is 14.9 Å². The molecule has 0 saturated carbocycles. The van der Waals surface area contributed by atoms with Crippen molar-refractivity contribution in [2.45, 2.75) is 57.3 Å². The quantitative estimate of drug-likeness (QED) is 0.500. The van der Waals surface area contributed by atoms with Crippen molar-refractivity contribution in [1.82, 2.24) is 10.2 Å². The number of likely N-dealkylation sites (tertiary alicyclic amines) is 1. The Kier molecular flexibility index (Phi) is 7.06. The van der Waals surface area contributed by atoms with Crippen LogP contribution in [0.2, 0.25) is 5.02 Å². The topological polar surface area (TPSA) is 123 Å². The maximum absolute atomic E-state index is 13.4. The Morgan fingerprint density at radius 1 is 1.33 bits per heavy atom. The SMILES string of the molecule is COC(=O)CC(NC(=O)OC(C)(C)C)C(=O)N1CCCC2(C1)OC(=O)Nc1ccc(Cl)cc12. The second-order valence-electron chi connectivity index (χ2n) is 9.04. The molecule has 3 rings (SSSR count). The number of methoxy groups -OCH3 is 1. The average Bonchev–Trinajstić information content (AvgIpc) is 2.72. The highest BCUT2D eigenvalue weighted by Gasteiger charge is 2.47. The van der Waals surface area contributed by atoms with Gasteiger partial charge in [0.1, 0.15) is 11.6 Å². The van der Waals surface area contributed by atoms with Crippen LogP contribution in [-0.4, -0.2) is 60.8 Å². The Bertz CT molecular complexity index is 962. The number of piperidine rings is 1. The van der Waals surface area contributed by atoms with Crippen molar-refractivity contribution in [2.24, 2.45) is 0 Å². The lowest BCUT2D eigenvalue weighted by atomic mass is 9.83. The molecule has 2 heterocycles. The van der Waals surface area contributed by atoms with E-state index in [1.807, 2.05) is 0 Å². The number of fused-ring (bicyclic) bond motifs is 2. The molecule has 3 amide bonds. The first-order chi connectivity index (χ1) is 15.4. The Morgan fingerprint density at radius 3 is 2.73 bits per heavy atom. The van der Waals surface area contributed by atoms with E-state index in [9.17, 15) is 19.2 Å². The first kappa shape index (κ1) is 24.6. The van der Waals surface area contributed by atoms with Gasteiger partial charge in [0.15, 0.2) is 5.60 Å². The predicted octanol–water partition coefficient (Wildman–Crippen LogP) is 3.18. The molecule has 180 valence electrons. The number of rotatable bonds is 4. The van der Waals surface area contributed by atoms with Crippen LogP contribution in [0.3, 0.4) is 0 Å². The molecule has 1 aromatic rings. The first-order valence-corrected chi connectivity index (χ1v) is 11.0. The van der Waals surface area contributed by atoms with Gasteiger partial charge in [-0.05, 0) is 51.8 Å². The van der Waals surface area contributed by atoms with E-state index in [0.717, 1.165) is 0 Å². The second-order valence-corrected chi connectivity index (χ2v) is 9.48. The van der Waals surface area contributed by atoms with E-state index in [-0.39, 0.29) is 13.0 Å². The number of hydrogen-bond donors (Lipinski definition) is 2. The highest BCUT2D eigenvalue weighted by molar-refractivity contribution is 6.30. The summed E-state index contributed by atoms with van der Waals surface area (Å²) in [6.45, 7) is 5.46. The van der Waals surface area contributed by atoms with Crippen LogP contribution in [0, 0.1) is 0 Å². The number of amides is 3. The second kappa shape index (κ2) is 9.46. The van der Waals surface area contributed by atoms with Gasteiger partial charge in [0.05, 0.1) is 25.8 Å². The van der Waals surface area contributed by atoms with Crippen molar-refractivity contribution in [1.29, 1.82) is 0 Å². The molecular weight excluding hydrogens is 454 g/mol. The van der Waals surface area contributed by atoms with Gasteiger partial charge < -0.3 is 24.4 Å². The van der Waals surface area contributed by atoms with Crippen LogP contribution in [0.15, 0.2) is 18.2 Å². The number of carbonyl (C=O) groups excluding carboxylic acids is 4. The van der Waals surface area contributed by atoms with Crippen LogP contribution in [0.1, 0.15) is 45.6 Å². The Hall–Kier alpha value is -3.01. The molecule has 2 N–H and O–H groups in total. The summed E-state index contributed by atoms with van der Waals surface area (Å²) in [5, 5.41) is 5.58. The van der Waals surface area contributed by atoms with Crippen molar-refractivity contribution in [3.05, 3.63) is 28.8 Å². The molecule has 1 aromatic carbocycles. The fourth-order valence-electron chi connectivity index (χ4n) is 4.00. The van der Waals surface area contributed by atoms with E-state index in [2.05, 4.69) is 10.6 Å². The Balaban J connectivity index is 1.85. The molecule has 1 spiro atoms. The number of anilines is 1. The van der Waals surface area contributed by atoms with Gasteiger partial charge in [0, 0.05) is 17.1 Å². The summed E-state index contributed by atoms with van der Waals surface area (Å²) >= 11 is 6.19. The molecular formula is C22H28ClN3O7. The molecule has 2 atom stereocenters. The summed E-state index contributed by atoms with van der Waals surface area (Å²) in [7, 11) is 1.20. The summed E-state index contributed by atoms with van der Waals surface area (Å²) in [5.41, 5.74) is -0.664. The molecule has 2 aliphatic heterocycles. The lowest BCUT2D eigenvalue weighted by Crippen LogP contribution is -2.57. The van der Waals surface area contributed by atoms with Gasteiger partial charge in [0.2, 0.25) is 5.91 Å². The third-order valence-corrected chi connectivity index (χ3v) is 5.59. The number of nitrogens with one attached hydrogen (secondary N) is 2. The maximum Gasteiger partial charge on any atom is 0.412 e. The standard InChI is InChI=1S/C22H28ClN3O7/c1-21(2,3)32-19(29)25-16(11-17(27)31-4)18(28)26-9-5-8-22(12-26)14-10-13(23)6-7-15(14)24-20(30)33-22/h6-7,10,16H,5,8-9,11-12H2,1-4H3,(H,24,30)(H,25,29). The zero-order chi connectivity index (χ0) is 24.4. The number of ether oxygens (including phenoxy) is 3. The van der Waals surface area contributed by atoms with Crippen LogP contribution in [0.4, 0.5) is 15.3 Å². The van der Waals surface area contributed by atoms with Crippen molar-refractivity contribution < 1.29 is 33.4 Å². The van der Waals surface area contributed by atoms with Crippen LogP contribution in [-0.2, 0) is 29.4 Å². The minimum absolute atomic E-state index is 0.0419. The Morgan fingerprint density at radius 2 is 2.06 bits per heavy atom. The lowest BCUT2D eigenvalue weighted by Gasteiger charge is -2.45. The van der Waals surface area contributed by atoms with Gasteiger partial charge in [-0.2, -0.15) is 0 Å². The van der Waals surface area contributed by atoms with Gasteiger partial charge in [0.25, 0.3) is 0 Å². The normalized spacial score (nSPS) is 20.8. The number of nitrogens with zero attached hydrogens (tertiary/aromatic N) is 1. The van der Waals surface area contributed by atoms with Crippen LogP contribution < -0.4 is 10.6 Å². The zero-order valence-corrected chi connectivity index (χ0v) is 19.8. The van der Waals surface area contributed by atoms with E-state index >= 15 is 0 Å². The van der Waals surface area contributed by atoms with Crippen molar-refractivity contribution >= 4 is 41.4 Å². The number of benzene rings is 1.